The van der Waals surface area contributed by atoms with E-state index in [1.807, 2.05) is 18.2 Å². The van der Waals surface area contributed by atoms with Gasteiger partial charge in [0, 0.05) is 45.2 Å². The lowest BCUT2D eigenvalue weighted by Gasteiger charge is -2.37. The molecule has 4 rings (SSSR count). The van der Waals surface area contributed by atoms with E-state index in [-0.39, 0.29) is 18.6 Å². The van der Waals surface area contributed by atoms with Crippen LogP contribution in [0, 0.1) is 0 Å². The predicted octanol–water partition coefficient (Wildman–Crippen LogP) is -0.00270. The Kier molecular flexibility index (Phi) is 4.78. The van der Waals surface area contributed by atoms with Gasteiger partial charge in [-0.05, 0) is 24.1 Å². The second kappa shape index (κ2) is 7.19. The maximum absolute atomic E-state index is 12.5. The van der Waals surface area contributed by atoms with E-state index in [2.05, 4.69) is 10.2 Å². The average molecular weight is 347 g/mol. The second-order valence-corrected chi connectivity index (χ2v) is 6.94. The van der Waals surface area contributed by atoms with E-state index in [0.717, 1.165) is 49.7 Å². The Morgan fingerprint density at radius 2 is 2.00 bits per heavy atom. The van der Waals surface area contributed by atoms with E-state index in [1.165, 1.54) is 0 Å². The van der Waals surface area contributed by atoms with Crippen LogP contribution in [-0.4, -0.2) is 79.5 Å². The van der Waals surface area contributed by atoms with E-state index in [4.69, 9.17) is 9.47 Å². The molecule has 1 aromatic rings. The van der Waals surface area contributed by atoms with Gasteiger partial charge < -0.3 is 24.8 Å². The van der Waals surface area contributed by atoms with Crippen LogP contribution in [0.3, 0.4) is 0 Å². The first-order chi connectivity index (χ1) is 12.2. The molecule has 0 aromatic heterocycles. The molecule has 2 saturated heterocycles. The van der Waals surface area contributed by atoms with Gasteiger partial charge in [0.05, 0.1) is 12.6 Å². The van der Waals surface area contributed by atoms with Crippen LogP contribution in [0.2, 0.25) is 0 Å². The van der Waals surface area contributed by atoms with Crippen molar-refractivity contribution >= 4 is 5.91 Å². The number of nitrogens with one attached hydrogen (secondary N) is 1. The summed E-state index contributed by atoms with van der Waals surface area (Å²) in [4.78, 5) is 16.5. The van der Waals surface area contributed by atoms with Crippen LogP contribution in [0.5, 0.6) is 11.5 Å². The number of rotatable bonds is 3. The zero-order chi connectivity index (χ0) is 17.2. The molecule has 1 amide bonds. The minimum absolute atomic E-state index is 0.0257. The minimum Gasteiger partial charge on any atom is -0.454 e. The van der Waals surface area contributed by atoms with Crippen molar-refractivity contribution in [1.82, 2.24) is 15.1 Å². The summed E-state index contributed by atoms with van der Waals surface area (Å²) in [5.41, 5.74) is 1.05. The number of carbonyl (C=O) groups excluding carboxylic acids is 1. The molecule has 0 aliphatic carbocycles. The molecule has 2 N–H and O–H groups in total. The number of amides is 1. The first kappa shape index (κ1) is 16.6. The number of aliphatic hydroxyl groups excluding tert-OH is 1. The van der Waals surface area contributed by atoms with Gasteiger partial charge in [-0.25, -0.2) is 0 Å². The summed E-state index contributed by atoms with van der Waals surface area (Å²) in [6, 6.07) is 5.83. The summed E-state index contributed by atoms with van der Waals surface area (Å²) in [6.07, 6.45) is 0.203. The summed E-state index contributed by atoms with van der Waals surface area (Å²) < 4.78 is 10.8. The smallest absolute Gasteiger partial charge is 0.236 e. The van der Waals surface area contributed by atoms with Gasteiger partial charge in [-0.15, -0.1) is 0 Å². The number of benzene rings is 1. The summed E-state index contributed by atoms with van der Waals surface area (Å²) in [7, 11) is 0. The van der Waals surface area contributed by atoms with E-state index < -0.39 is 6.10 Å². The Morgan fingerprint density at radius 3 is 2.80 bits per heavy atom. The zero-order valence-electron chi connectivity index (χ0n) is 14.3. The van der Waals surface area contributed by atoms with Crippen molar-refractivity contribution in [3.8, 4) is 11.5 Å². The quantitative estimate of drug-likeness (QED) is 0.802. The number of fused-ring (bicyclic) bond motifs is 1. The van der Waals surface area contributed by atoms with Gasteiger partial charge in [0.2, 0.25) is 12.7 Å². The highest BCUT2D eigenvalue weighted by Gasteiger charge is 2.32. The highest BCUT2D eigenvalue weighted by atomic mass is 16.7. The van der Waals surface area contributed by atoms with Gasteiger partial charge in [-0.2, -0.15) is 0 Å². The molecule has 2 fully saturated rings. The standard InChI is InChI=1S/C18H25N3O4/c22-15-10-21(18(23)11-20-7-4-19-5-8-20)6-3-14(15)13-1-2-16-17(9-13)25-12-24-16/h1-2,9,14-15,19,22H,3-8,10-12H2/t14-,15+/m0/s1. The Labute approximate surface area is 147 Å². The summed E-state index contributed by atoms with van der Waals surface area (Å²) in [5, 5.41) is 13.9. The number of aliphatic hydroxyl groups is 1. The third-order valence-corrected chi connectivity index (χ3v) is 5.33. The van der Waals surface area contributed by atoms with Gasteiger partial charge in [-0.3, -0.25) is 9.69 Å². The highest BCUT2D eigenvalue weighted by Crippen LogP contribution is 2.37. The number of piperidine rings is 1. The molecule has 136 valence electrons. The fraction of sp³-hybridized carbons (Fsp3) is 0.611. The fourth-order valence-corrected chi connectivity index (χ4v) is 3.85. The molecule has 1 aromatic carbocycles. The van der Waals surface area contributed by atoms with Crippen LogP contribution in [0.25, 0.3) is 0 Å². The highest BCUT2D eigenvalue weighted by molar-refractivity contribution is 5.78. The lowest BCUT2D eigenvalue weighted by molar-refractivity contribution is -0.136. The number of hydrogen-bond donors (Lipinski definition) is 2. The van der Waals surface area contributed by atoms with Gasteiger partial charge in [-0.1, -0.05) is 6.07 Å². The molecule has 3 heterocycles. The molecule has 7 heteroatoms. The Hall–Kier alpha value is -1.83. The monoisotopic (exact) mass is 347 g/mol. The van der Waals surface area contributed by atoms with E-state index in [0.29, 0.717) is 19.6 Å². The van der Waals surface area contributed by atoms with Crippen LogP contribution in [0.4, 0.5) is 0 Å². The molecule has 2 atom stereocenters. The number of likely N-dealkylation sites (tertiary alicyclic amines) is 1. The van der Waals surface area contributed by atoms with Gasteiger partial charge in [0.1, 0.15) is 0 Å². The number of carbonyl (C=O) groups is 1. The molecule has 7 nitrogen and oxygen atoms in total. The molecule has 0 radical (unpaired) electrons. The van der Waals surface area contributed by atoms with Crippen molar-refractivity contribution in [3.63, 3.8) is 0 Å². The van der Waals surface area contributed by atoms with Crippen molar-refractivity contribution in [1.29, 1.82) is 0 Å². The molecule has 0 saturated carbocycles. The molecule has 25 heavy (non-hydrogen) atoms. The zero-order valence-corrected chi connectivity index (χ0v) is 14.3. The van der Waals surface area contributed by atoms with Crippen molar-refractivity contribution in [3.05, 3.63) is 23.8 Å². The Balaban J connectivity index is 1.36. The third-order valence-electron chi connectivity index (χ3n) is 5.33. The van der Waals surface area contributed by atoms with Gasteiger partial charge in [0.15, 0.2) is 11.5 Å². The van der Waals surface area contributed by atoms with Crippen LogP contribution in [-0.2, 0) is 4.79 Å². The van der Waals surface area contributed by atoms with Crippen molar-refractivity contribution < 1.29 is 19.4 Å². The molecule has 3 aliphatic rings. The summed E-state index contributed by atoms with van der Waals surface area (Å²) in [6.45, 7) is 5.45. The number of piperazine rings is 1. The Morgan fingerprint density at radius 1 is 1.20 bits per heavy atom. The molecule has 0 bridgehead atoms. The van der Waals surface area contributed by atoms with Crippen LogP contribution >= 0.6 is 0 Å². The lowest BCUT2D eigenvalue weighted by atomic mass is 9.87. The van der Waals surface area contributed by atoms with Gasteiger partial charge >= 0.3 is 0 Å². The normalized spacial score (nSPS) is 26.7. The molecule has 3 aliphatic heterocycles. The minimum atomic E-state index is -0.555. The van der Waals surface area contributed by atoms with Crippen LogP contribution < -0.4 is 14.8 Å². The average Bonchev–Trinajstić information content (AvgIpc) is 3.10. The Bertz CT molecular complexity index is 633. The maximum atomic E-state index is 12.5. The van der Waals surface area contributed by atoms with Crippen LogP contribution in [0.1, 0.15) is 17.9 Å². The number of ether oxygens (including phenoxy) is 2. The number of nitrogens with zero attached hydrogens (tertiary/aromatic N) is 2. The molecular formula is C18H25N3O4. The van der Waals surface area contributed by atoms with Crippen LogP contribution in [0.15, 0.2) is 18.2 Å². The fourth-order valence-electron chi connectivity index (χ4n) is 3.85. The summed E-state index contributed by atoms with van der Waals surface area (Å²) >= 11 is 0. The van der Waals surface area contributed by atoms with E-state index in [9.17, 15) is 9.90 Å². The number of hydrogen-bond acceptors (Lipinski definition) is 6. The maximum Gasteiger partial charge on any atom is 0.236 e. The topological polar surface area (TPSA) is 74.3 Å². The van der Waals surface area contributed by atoms with E-state index in [1.54, 1.807) is 4.90 Å². The van der Waals surface area contributed by atoms with E-state index >= 15 is 0 Å². The second-order valence-electron chi connectivity index (χ2n) is 6.94. The third kappa shape index (κ3) is 3.58. The molecule has 0 spiro atoms. The largest absolute Gasteiger partial charge is 0.454 e. The molecular weight excluding hydrogens is 322 g/mol. The lowest BCUT2D eigenvalue weighted by Crippen LogP contribution is -2.51. The first-order valence-corrected chi connectivity index (χ1v) is 8.99. The predicted molar refractivity (Wildman–Crippen MR) is 91.8 cm³/mol. The SMILES string of the molecule is O=C(CN1CCNCC1)N1CC[C@@H](c2ccc3c(c2)OCO3)[C@H](O)C1. The van der Waals surface area contributed by atoms with Crippen molar-refractivity contribution in [2.45, 2.75) is 18.4 Å². The first-order valence-electron chi connectivity index (χ1n) is 8.99. The van der Waals surface area contributed by atoms with Gasteiger partial charge in [0.25, 0.3) is 0 Å². The molecule has 0 unspecified atom stereocenters. The number of β-amino-alcohol motifs (C(OH)–C–C–N with tert-alkyl or cyclic N) is 1. The van der Waals surface area contributed by atoms with Crippen molar-refractivity contribution in [2.75, 3.05) is 52.6 Å². The van der Waals surface area contributed by atoms with Crippen molar-refractivity contribution in [2.24, 2.45) is 0 Å². The summed E-state index contributed by atoms with van der Waals surface area (Å²) in [5.74, 6) is 1.63.